The standard InChI is InChI=1S/C13H13F4N5/c14-9(15)12(3-4-12)2-1-8-20-10(18)22-11(21-8)19-7-5-13(16,17)6-7/h7,9H,3-6H2,(H3,18,19,20,21,22). The highest BCUT2D eigenvalue weighted by molar-refractivity contribution is 5.38. The fourth-order valence-corrected chi connectivity index (χ4v) is 2.17. The zero-order valence-electron chi connectivity index (χ0n) is 11.4. The Morgan fingerprint density at radius 2 is 1.86 bits per heavy atom. The molecule has 5 nitrogen and oxygen atoms in total. The summed E-state index contributed by atoms with van der Waals surface area (Å²) in [7, 11) is 0. The van der Waals surface area contributed by atoms with E-state index >= 15 is 0 Å². The lowest BCUT2D eigenvalue weighted by Gasteiger charge is -2.35. The number of halogens is 4. The van der Waals surface area contributed by atoms with E-state index in [-0.39, 0.29) is 30.6 Å². The van der Waals surface area contributed by atoms with Gasteiger partial charge in [-0.3, -0.25) is 0 Å². The molecule has 2 aliphatic carbocycles. The minimum atomic E-state index is -2.67. The van der Waals surface area contributed by atoms with Gasteiger partial charge in [0.15, 0.2) is 0 Å². The van der Waals surface area contributed by atoms with Crippen LogP contribution in [0.15, 0.2) is 0 Å². The van der Waals surface area contributed by atoms with Crippen LogP contribution in [-0.2, 0) is 0 Å². The summed E-state index contributed by atoms with van der Waals surface area (Å²) in [6.45, 7) is 0. The summed E-state index contributed by atoms with van der Waals surface area (Å²) in [5.41, 5.74) is 4.22. The molecule has 0 atom stereocenters. The van der Waals surface area contributed by atoms with Crippen molar-refractivity contribution in [1.82, 2.24) is 15.0 Å². The van der Waals surface area contributed by atoms with Crippen LogP contribution in [0.25, 0.3) is 0 Å². The first-order chi connectivity index (χ1) is 10.3. The van der Waals surface area contributed by atoms with Gasteiger partial charge in [0, 0.05) is 18.9 Å². The molecule has 9 heteroatoms. The minimum absolute atomic E-state index is 0.0270. The van der Waals surface area contributed by atoms with Gasteiger partial charge in [0.25, 0.3) is 12.3 Å². The molecule has 22 heavy (non-hydrogen) atoms. The van der Waals surface area contributed by atoms with Gasteiger partial charge in [0.1, 0.15) is 0 Å². The van der Waals surface area contributed by atoms with E-state index in [2.05, 4.69) is 32.1 Å². The molecule has 0 aliphatic heterocycles. The van der Waals surface area contributed by atoms with Gasteiger partial charge in [-0.05, 0) is 18.8 Å². The number of anilines is 2. The number of hydrogen-bond acceptors (Lipinski definition) is 5. The molecule has 3 rings (SSSR count). The van der Waals surface area contributed by atoms with Crippen molar-refractivity contribution in [2.75, 3.05) is 11.1 Å². The molecule has 2 saturated carbocycles. The van der Waals surface area contributed by atoms with Gasteiger partial charge in [-0.1, -0.05) is 5.92 Å². The Balaban J connectivity index is 1.72. The molecule has 0 amide bonds. The van der Waals surface area contributed by atoms with Gasteiger partial charge in [0.05, 0.1) is 5.41 Å². The Hall–Kier alpha value is -2.11. The summed E-state index contributed by atoms with van der Waals surface area (Å²) < 4.78 is 51.1. The van der Waals surface area contributed by atoms with Crippen molar-refractivity contribution in [3.63, 3.8) is 0 Å². The average Bonchev–Trinajstić information content (AvgIpc) is 3.14. The van der Waals surface area contributed by atoms with Crippen LogP contribution < -0.4 is 11.1 Å². The predicted octanol–water partition coefficient (Wildman–Crippen LogP) is 2.06. The predicted molar refractivity (Wildman–Crippen MR) is 70.4 cm³/mol. The van der Waals surface area contributed by atoms with Crippen molar-refractivity contribution in [3.8, 4) is 11.8 Å². The van der Waals surface area contributed by atoms with Crippen LogP contribution in [0.4, 0.5) is 29.5 Å². The maximum atomic E-state index is 12.8. The van der Waals surface area contributed by atoms with Crippen molar-refractivity contribution in [3.05, 3.63) is 5.82 Å². The van der Waals surface area contributed by atoms with Crippen LogP contribution in [-0.4, -0.2) is 33.3 Å². The number of nitrogen functional groups attached to an aromatic ring is 1. The van der Waals surface area contributed by atoms with Crippen LogP contribution in [0.5, 0.6) is 0 Å². The van der Waals surface area contributed by atoms with E-state index in [1.807, 2.05) is 0 Å². The molecule has 0 unspecified atom stereocenters. The summed E-state index contributed by atoms with van der Waals surface area (Å²) in [5, 5.41) is 2.71. The van der Waals surface area contributed by atoms with Crippen LogP contribution in [0.2, 0.25) is 0 Å². The van der Waals surface area contributed by atoms with Crippen LogP contribution in [0.1, 0.15) is 31.5 Å². The second-order valence-corrected chi connectivity index (χ2v) is 5.65. The molecule has 0 radical (unpaired) electrons. The molecule has 2 aliphatic rings. The van der Waals surface area contributed by atoms with Crippen molar-refractivity contribution >= 4 is 11.9 Å². The zero-order valence-corrected chi connectivity index (χ0v) is 11.4. The zero-order chi connectivity index (χ0) is 16.0. The third-order valence-corrected chi connectivity index (χ3v) is 3.71. The van der Waals surface area contributed by atoms with Gasteiger partial charge in [-0.15, -0.1) is 0 Å². The third kappa shape index (κ3) is 3.05. The van der Waals surface area contributed by atoms with Gasteiger partial charge in [0.2, 0.25) is 17.7 Å². The van der Waals surface area contributed by atoms with Crippen molar-refractivity contribution in [1.29, 1.82) is 0 Å². The highest BCUT2D eigenvalue weighted by Crippen LogP contribution is 2.50. The lowest BCUT2D eigenvalue weighted by molar-refractivity contribution is -0.0794. The lowest BCUT2D eigenvalue weighted by atomic mass is 9.88. The first-order valence-electron chi connectivity index (χ1n) is 6.75. The number of nitrogens with one attached hydrogen (secondary N) is 1. The Morgan fingerprint density at radius 3 is 2.41 bits per heavy atom. The Morgan fingerprint density at radius 1 is 1.18 bits per heavy atom. The highest BCUT2D eigenvalue weighted by atomic mass is 19.3. The molecule has 3 N–H and O–H groups in total. The molecule has 1 heterocycles. The Labute approximate surface area is 123 Å². The molecular weight excluding hydrogens is 302 g/mol. The van der Waals surface area contributed by atoms with E-state index in [0.717, 1.165) is 0 Å². The molecule has 0 saturated heterocycles. The minimum Gasteiger partial charge on any atom is -0.368 e. The normalized spacial score (nSPS) is 21.7. The molecular formula is C13H13F4N5. The van der Waals surface area contributed by atoms with Gasteiger partial charge in [-0.25, -0.2) is 17.6 Å². The first kappa shape index (κ1) is 14.8. The van der Waals surface area contributed by atoms with Crippen LogP contribution >= 0.6 is 0 Å². The SMILES string of the molecule is Nc1nc(C#CC2(C(F)F)CC2)nc(NC2CC(F)(F)C2)n1. The maximum Gasteiger partial charge on any atom is 0.254 e. The van der Waals surface area contributed by atoms with Gasteiger partial charge in [-0.2, -0.15) is 15.0 Å². The van der Waals surface area contributed by atoms with E-state index in [9.17, 15) is 17.6 Å². The van der Waals surface area contributed by atoms with E-state index in [1.54, 1.807) is 0 Å². The van der Waals surface area contributed by atoms with Crippen molar-refractivity contribution in [2.24, 2.45) is 5.41 Å². The molecule has 0 spiro atoms. The van der Waals surface area contributed by atoms with E-state index in [1.165, 1.54) is 0 Å². The quantitative estimate of drug-likeness (QED) is 0.659. The fourth-order valence-electron chi connectivity index (χ4n) is 2.17. The number of alkyl halides is 4. The van der Waals surface area contributed by atoms with Crippen LogP contribution in [0, 0.1) is 17.3 Å². The number of rotatable bonds is 3. The number of nitrogens with zero attached hydrogens (tertiary/aromatic N) is 3. The second kappa shape index (κ2) is 4.97. The maximum absolute atomic E-state index is 12.8. The van der Waals surface area contributed by atoms with E-state index < -0.39 is 23.8 Å². The van der Waals surface area contributed by atoms with Crippen molar-refractivity contribution < 1.29 is 17.6 Å². The highest BCUT2D eigenvalue weighted by Gasteiger charge is 2.50. The van der Waals surface area contributed by atoms with Crippen molar-refractivity contribution in [2.45, 2.75) is 44.1 Å². The molecule has 0 aromatic carbocycles. The van der Waals surface area contributed by atoms with Gasteiger partial charge >= 0.3 is 0 Å². The number of aromatic nitrogens is 3. The Kier molecular flexibility index (Phi) is 3.34. The third-order valence-electron chi connectivity index (χ3n) is 3.71. The lowest BCUT2D eigenvalue weighted by Crippen LogP contribution is -2.44. The van der Waals surface area contributed by atoms with Gasteiger partial charge < -0.3 is 11.1 Å². The molecule has 1 aromatic heterocycles. The molecule has 118 valence electrons. The molecule has 0 bridgehead atoms. The summed E-state index contributed by atoms with van der Waals surface area (Å²) in [6.07, 6.45) is -2.47. The average molecular weight is 315 g/mol. The smallest absolute Gasteiger partial charge is 0.254 e. The van der Waals surface area contributed by atoms with Crippen LogP contribution in [0.3, 0.4) is 0 Å². The summed E-state index contributed by atoms with van der Waals surface area (Å²) >= 11 is 0. The summed E-state index contributed by atoms with van der Waals surface area (Å²) in [6, 6.07) is -0.451. The monoisotopic (exact) mass is 315 g/mol. The fraction of sp³-hybridized carbons (Fsp3) is 0.615. The van der Waals surface area contributed by atoms with E-state index in [4.69, 9.17) is 5.73 Å². The number of hydrogen-bond donors (Lipinski definition) is 2. The van der Waals surface area contributed by atoms with E-state index in [0.29, 0.717) is 12.8 Å². The largest absolute Gasteiger partial charge is 0.368 e. The molecule has 1 aromatic rings. The summed E-state index contributed by atoms with van der Waals surface area (Å²) in [5.74, 6) is 2.12. The topological polar surface area (TPSA) is 76.7 Å². The number of nitrogens with two attached hydrogens (primary N) is 1. The molecule has 2 fully saturated rings. The summed E-state index contributed by atoms with van der Waals surface area (Å²) in [4.78, 5) is 11.5. The first-order valence-corrected chi connectivity index (χ1v) is 6.75. The Bertz CT molecular complexity index is 640. The second-order valence-electron chi connectivity index (χ2n) is 5.65.